The summed E-state index contributed by atoms with van der Waals surface area (Å²) >= 11 is 6.15. The van der Waals surface area contributed by atoms with Gasteiger partial charge in [0.1, 0.15) is 18.4 Å². The average Bonchev–Trinajstić information content (AvgIpc) is 2.79. The van der Waals surface area contributed by atoms with Gasteiger partial charge < -0.3 is 9.30 Å². The third kappa shape index (κ3) is 3.15. The molecule has 0 bridgehead atoms. The van der Waals surface area contributed by atoms with Gasteiger partial charge in [-0.2, -0.15) is 5.26 Å². The summed E-state index contributed by atoms with van der Waals surface area (Å²) in [5.41, 5.74) is 1.15. The number of hydrogen-bond acceptors (Lipinski definition) is 3. The summed E-state index contributed by atoms with van der Waals surface area (Å²) in [5, 5.41) is 10.2. The van der Waals surface area contributed by atoms with Crippen LogP contribution in [0.5, 0.6) is 0 Å². The maximum absolute atomic E-state index is 8.91. The van der Waals surface area contributed by atoms with Crippen LogP contribution >= 0.6 is 11.6 Å². The van der Waals surface area contributed by atoms with Crippen molar-refractivity contribution in [2.24, 2.45) is 0 Å². The normalized spacial score (nSPS) is 11.1. The third-order valence-corrected chi connectivity index (χ3v) is 4.43. The summed E-state index contributed by atoms with van der Waals surface area (Å²) < 4.78 is 7.54. The number of nitriles is 1. The number of nitrogens with zero attached hydrogens (tertiary/aromatic N) is 3. The highest BCUT2D eigenvalue weighted by Gasteiger charge is 2.10. The molecule has 0 aliphatic heterocycles. The highest BCUT2D eigenvalue weighted by atomic mass is 35.5. The fourth-order valence-corrected chi connectivity index (χ4v) is 2.52. The first-order valence-corrected chi connectivity index (χ1v) is 9.12. The molecule has 0 atom stereocenters. The average molecular weight is 293 g/mol. The SMILES string of the molecule is C[Si](C)CCOCn1ccc2c(Cl)c(C#N)cnc21. The van der Waals surface area contributed by atoms with E-state index in [4.69, 9.17) is 21.6 Å². The predicted molar refractivity (Wildman–Crippen MR) is 77.7 cm³/mol. The molecule has 99 valence electrons. The maximum Gasteiger partial charge on any atom is 0.143 e. The molecule has 0 aliphatic carbocycles. The van der Waals surface area contributed by atoms with Gasteiger partial charge in [-0.25, -0.2) is 4.98 Å². The molecule has 0 unspecified atom stereocenters. The summed E-state index contributed by atoms with van der Waals surface area (Å²) in [7, 11) is -0.240. The number of pyridine rings is 1. The zero-order chi connectivity index (χ0) is 13.8. The topological polar surface area (TPSA) is 50.8 Å². The number of halogens is 1. The van der Waals surface area contributed by atoms with Crippen LogP contribution in [0.2, 0.25) is 24.2 Å². The van der Waals surface area contributed by atoms with Gasteiger partial charge in [0, 0.05) is 33.2 Å². The van der Waals surface area contributed by atoms with Crippen LogP contribution in [0.15, 0.2) is 18.5 Å². The second kappa shape index (κ2) is 6.20. The van der Waals surface area contributed by atoms with Crippen molar-refractivity contribution in [3.05, 3.63) is 29.0 Å². The molecule has 2 rings (SSSR count). The molecule has 2 aromatic rings. The molecular weight excluding hydrogens is 278 g/mol. The first-order valence-electron chi connectivity index (χ1n) is 6.03. The minimum absolute atomic E-state index is 0.240. The van der Waals surface area contributed by atoms with Crippen LogP contribution in [0.25, 0.3) is 11.0 Å². The molecule has 4 nitrogen and oxygen atoms in total. The smallest absolute Gasteiger partial charge is 0.143 e. The van der Waals surface area contributed by atoms with Gasteiger partial charge in [0.25, 0.3) is 0 Å². The lowest BCUT2D eigenvalue weighted by Gasteiger charge is -2.07. The van der Waals surface area contributed by atoms with E-state index < -0.39 is 0 Å². The van der Waals surface area contributed by atoms with Gasteiger partial charge in [-0.15, -0.1) is 0 Å². The summed E-state index contributed by atoms with van der Waals surface area (Å²) in [4.78, 5) is 4.27. The Bertz CT molecular complexity index is 618. The largest absolute Gasteiger partial charge is 0.361 e. The van der Waals surface area contributed by atoms with Crippen LogP contribution in [-0.4, -0.2) is 25.0 Å². The van der Waals surface area contributed by atoms with Gasteiger partial charge in [-0.1, -0.05) is 24.7 Å². The van der Waals surface area contributed by atoms with Gasteiger partial charge in [0.05, 0.1) is 10.6 Å². The highest BCUT2D eigenvalue weighted by Crippen LogP contribution is 2.25. The van der Waals surface area contributed by atoms with E-state index in [-0.39, 0.29) is 8.80 Å². The van der Waals surface area contributed by atoms with E-state index in [1.807, 2.05) is 22.9 Å². The highest BCUT2D eigenvalue weighted by molar-refractivity contribution is 6.55. The van der Waals surface area contributed by atoms with Crippen molar-refractivity contribution >= 4 is 31.4 Å². The molecule has 0 fully saturated rings. The maximum atomic E-state index is 8.91. The predicted octanol–water partition coefficient (Wildman–Crippen LogP) is 3.29. The van der Waals surface area contributed by atoms with Crippen LogP contribution < -0.4 is 0 Å². The summed E-state index contributed by atoms with van der Waals surface area (Å²) in [6.45, 7) is 5.77. The Morgan fingerprint density at radius 3 is 3.00 bits per heavy atom. The van der Waals surface area contributed by atoms with Gasteiger partial charge in [0.2, 0.25) is 0 Å². The number of ether oxygens (including phenoxy) is 1. The third-order valence-electron chi connectivity index (χ3n) is 2.82. The molecular formula is C13H15ClN3OSi. The van der Waals surface area contributed by atoms with Crippen molar-refractivity contribution in [3.63, 3.8) is 0 Å². The van der Waals surface area contributed by atoms with E-state index in [0.717, 1.165) is 23.7 Å². The lowest BCUT2D eigenvalue weighted by molar-refractivity contribution is 0.0902. The molecule has 0 aliphatic rings. The van der Waals surface area contributed by atoms with Crippen molar-refractivity contribution in [1.29, 1.82) is 5.26 Å². The minimum atomic E-state index is -0.240. The summed E-state index contributed by atoms with van der Waals surface area (Å²) in [5.74, 6) is 0. The number of rotatable bonds is 5. The minimum Gasteiger partial charge on any atom is -0.361 e. The molecule has 0 saturated heterocycles. The lowest BCUT2D eigenvalue weighted by atomic mass is 10.2. The van der Waals surface area contributed by atoms with Gasteiger partial charge in [-0.05, 0) is 12.1 Å². The Labute approximate surface area is 119 Å². The zero-order valence-electron chi connectivity index (χ0n) is 11.0. The first kappa shape index (κ1) is 14.1. The van der Waals surface area contributed by atoms with Crippen LogP contribution in [-0.2, 0) is 11.5 Å². The molecule has 0 amide bonds. The molecule has 0 N–H and O–H groups in total. The quantitative estimate of drug-likeness (QED) is 0.627. The van der Waals surface area contributed by atoms with E-state index in [1.165, 1.54) is 6.20 Å². The van der Waals surface area contributed by atoms with Crippen molar-refractivity contribution < 1.29 is 4.74 Å². The summed E-state index contributed by atoms with van der Waals surface area (Å²) in [6.07, 6.45) is 3.38. The standard InChI is InChI=1S/C13H15ClN3OSi/c1-19(2)6-5-18-9-17-4-3-11-12(14)10(7-15)8-16-13(11)17/h3-4,8H,5-6,9H2,1-2H3. The molecule has 2 aromatic heterocycles. The fraction of sp³-hybridized carbons (Fsp3) is 0.385. The van der Waals surface area contributed by atoms with Crippen LogP contribution in [0.4, 0.5) is 0 Å². The fourth-order valence-electron chi connectivity index (χ4n) is 1.73. The second-order valence-electron chi connectivity index (χ2n) is 4.61. The van der Waals surface area contributed by atoms with Crippen molar-refractivity contribution in [3.8, 4) is 6.07 Å². The monoisotopic (exact) mass is 292 g/mol. The van der Waals surface area contributed by atoms with Crippen LogP contribution in [0.3, 0.4) is 0 Å². The first-order chi connectivity index (χ1) is 9.13. The number of fused-ring (bicyclic) bond motifs is 1. The number of aromatic nitrogens is 2. The van der Waals surface area contributed by atoms with Gasteiger partial charge in [0.15, 0.2) is 0 Å². The zero-order valence-corrected chi connectivity index (χ0v) is 12.7. The lowest BCUT2D eigenvalue weighted by Crippen LogP contribution is -2.08. The molecule has 0 aromatic carbocycles. The van der Waals surface area contributed by atoms with Gasteiger partial charge >= 0.3 is 0 Å². The van der Waals surface area contributed by atoms with Crippen LogP contribution in [0.1, 0.15) is 5.56 Å². The Balaban J connectivity index is 2.13. The van der Waals surface area contributed by atoms with Crippen molar-refractivity contribution in [2.45, 2.75) is 25.9 Å². The molecule has 2 heterocycles. The van der Waals surface area contributed by atoms with E-state index in [1.54, 1.807) is 0 Å². The second-order valence-corrected chi connectivity index (χ2v) is 7.91. The van der Waals surface area contributed by atoms with E-state index in [0.29, 0.717) is 17.3 Å². The van der Waals surface area contributed by atoms with Crippen molar-refractivity contribution in [1.82, 2.24) is 9.55 Å². The summed E-state index contributed by atoms with van der Waals surface area (Å²) in [6, 6.07) is 5.03. The Morgan fingerprint density at radius 1 is 1.53 bits per heavy atom. The van der Waals surface area contributed by atoms with E-state index in [9.17, 15) is 0 Å². The molecule has 19 heavy (non-hydrogen) atoms. The Morgan fingerprint density at radius 2 is 2.32 bits per heavy atom. The Hall–Kier alpha value is -1.35. The molecule has 0 saturated carbocycles. The molecule has 0 spiro atoms. The van der Waals surface area contributed by atoms with E-state index in [2.05, 4.69) is 18.1 Å². The van der Waals surface area contributed by atoms with Gasteiger partial charge in [-0.3, -0.25) is 0 Å². The van der Waals surface area contributed by atoms with E-state index >= 15 is 0 Å². The van der Waals surface area contributed by atoms with Crippen molar-refractivity contribution in [2.75, 3.05) is 6.61 Å². The number of hydrogen-bond donors (Lipinski definition) is 0. The Kier molecular flexibility index (Phi) is 4.59. The molecule has 6 heteroatoms. The van der Waals surface area contributed by atoms with Crippen LogP contribution in [0, 0.1) is 11.3 Å². The molecule has 1 radical (unpaired) electrons.